The molecule has 1 fully saturated rings. The number of likely N-dealkylation sites (tertiary alicyclic amines) is 1. The van der Waals surface area contributed by atoms with Gasteiger partial charge in [-0.15, -0.1) is 0 Å². The van der Waals surface area contributed by atoms with Crippen LogP contribution < -0.4 is 0 Å². The van der Waals surface area contributed by atoms with Crippen molar-refractivity contribution < 1.29 is 14.7 Å². The molecule has 1 amide bonds. The maximum Gasteiger partial charge on any atom is 0.262 e. The normalized spacial score (nSPS) is 16.8. The molecule has 0 unspecified atom stereocenters. The zero-order valence-electron chi connectivity index (χ0n) is 12.8. The van der Waals surface area contributed by atoms with Crippen molar-refractivity contribution in [3.8, 4) is 0 Å². The molecule has 1 aliphatic heterocycles. The van der Waals surface area contributed by atoms with Crippen molar-refractivity contribution in [2.45, 2.75) is 13.5 Å². The van der Waals surface area contributed by atoms with Crippen LogP contribution in [0.4, 0.5) is 0 Å². The molecule has 4 heteroatoms. The molecule has 2 aromatic carbocycles. The Kier molecular flexibility index (Phi) is 3.98. The van der Waals surface area contributed by atoms with Gasteiger partial charge in [0.15, 0.2) is 5.78 Å². The van der Waals surface area contributed by atoms with Gasteiger partial charge >= 0.3 is 0 Å². The number of nitrogens with zero attached hydrogens (tertiary/aromatic N) is 1. The average molecular weight is 307 g/mol. The topological polar surface area (TPSA) is 57.6 Å². The summed E-state index contributed by atoms with van der Waals surface area (Å²) in [7, 11) is 0. The van der Waals surface area contributed by atoms with Crippen LogP contribution in [0.25, 0.3) is 5.76 Å². The summed E-state index contributed by atoms with van der Waals surface area (Å²) in [6.07, 6.45) is 0. The monoisotopic (exact) mass is 307 g/mol. The minimum Gasteiger partial charge on any atom is -0.506 e. The summed E-state index contributed by atoms with van der Waals surface area (Å²) in [5.41, 5.74) is 2.35. The van der Waals surface area contributed by atoms with Crippen LogP contribution >= 0.6 is 0 Å². The Labute approximate surface area is 134 Å². The van der Waals surface area contributed by atoms with Gasteiger partial charge in [-0.05, 0) is 12.5 Å². The smallest absolute Gasteiger partial charge is 0.262 e. The number of Topliss-reactive ketones (excluding diaryl/α,β-unsaturated/α-hetero) is 1. The van der Waals surface area contributed by atoms with Crippen molar-refractivity contribution in [3.05, 3.63) is 76.9 Å². The molecule has 3 rings (SSSR count). The lowest BCUT2D eigenvalue weighted by atomic mass is 10.1. The van der Waals surface area contributed by atoms with Crippen LogP contribution in [-0.2, 0) is 16.1 Å². The van der Waals surface area contributed by atoms with Crippen LogP contribution in [0.15, 0.2) is 60.2 Å². The first-order valence-corrected chi connectivity index (χ1v) is 7.43. The SMILES string of the molecule is Cc1ccc(/C(O)=C2\C(=O)CN(Cc3ccccc3)C2=O)cc1. The van der Waals surface area contributed by atoms with Gasteiger partial charge in [0, 0.05) is 12.1 Å². The van der Waals surface area contributed by atoms with Crippen LogP contribution in [0.1, 0.15) is 16.7 Å². The molecular formula is C19H17NO3. The second-order valence-corrected chi connectivity index (χ2v) is 5.66. The zero-order chi connectivity index (χ0) is 16.4. The molecule has 1 saturated heterocycles. The fraction of sp³-hybridized carbons (Fsp3) is 0.158. The van der Waals surface area contributed by atoms with Crippen LogP contribution in [0, 0.1) is 6.92 Å². The van der Waals surface area contributed by atoms with Gasteiger partial charge in [0.2, 0.25) is 0 Å². The Morgan fingerprint density at radius 2 is 1.70 bits per heavy atom. The van der Waals surface area contributed by atoms with Gasteiger partial charge in [0.1, 0.15) is 11.3 Å². The van der Waals surface area contributed by atoms with Crippen LogP contribution in [0.3, 0.4) is 0 Å². The number of hydrogen-bond acceptors (Lipinski definition) is 3. The van der Waals surface area contributed by atoms with Crippen molar-refractivity contribution in [1.82, 2.24) is 4.90 Å². The van der Waals surface area contributed by atoms with E-state index in [0.717, 1.165) is 11.1 Å². The Morgan fingerprint density at radius 3 is 2.35 bits per heavy atom. The van der Waals surface area contributed by atoms with Gasteiger partial charge in [0.05, 0.1) is 6.54 Å². The molecule has 23 heavy (non-hydrogen) atoms. The highest BCUT2D eigenvalue weighted by Gasteiger charge is 2.36. The highest BCUT2D eigenvalue weighted by atomic mass is 16.3. The number of benzene rings is 2. The van der Waals surface area contributed by atoms with E-state index < -0.39 is 5.91 Å². The first-order valence-electron chi connectivity index (χ1n) is 7.43. The minimum absolute atomic E-state index is 0.00101. The second kappa shape index (κ2) is 6.08. The molecule has 0 bridgehead atoms. The van der Waals surface area contributed by atoms with Crippen molar-refractivity contribution in [2.24, 2.45) is 0 Å². The predicted octanol–water partition coefficient (Wildman–Crippen LogP) is 2.88. The molecule has 0 saturated carbocycles. The minimum atomic E-state index is -0.420. The molecule has 0 atom stereocenters. The Balaban J connectivity index is 1.89. The molecule has 0 radical (unpaired) electrons. The third-order valence-corrected chi connectivity index (χ3v) is 3.89. The molecule has 0 aromatic heterocycles. The number of hydrogen-bond donors (Lipinski definition) is 1. The summed E-state index contributed by atoms with van der Waals surface area (Å²) in [6, 6.07) is 16.6. The number of carbonyl (C=O) groups is 2. The Hall–Kier alpha value is -2.88. The Morgan fingerprint density at radius 1 is 1.04 bits per heavy atom. The first-order chi connectivity index (χ1) is 11.1. The fourth-order valence-corrected chi connectivity index (χ4v) is 2.62. The van der Waals surface area contributed by atoms with E-state index in [1.807, 2.05) is 49.4 Å². The van der Waals surface area contributed by atoms with E-state index in [9.17, 15) is 14.7 Å². The van der Waals surface area contributed by atoms with Crippen LogP contribution in [0.5, 0.6) is 0 Å². The number of aliphatic hydroxyl groups excluding tert-OH is 1. The van der Waals surface area contributed by atoms with E-state index in [0.29, 0.717) is 12.1 Å². The van der Waals surface area contributed by atoms with Crippen molar-refractivity contribution in [3.63, 3.8) is 0 Å². The summed E-state index contributed by atoms with van der Waals surface area (Å²) < 4.78 is 0. The van der Waals surface area contributed by atoms with Crippen molar-refractivity contribution in [2.75, 3.05) is 6.54 Å². The fourth-order valence-electron chi connectivity index (χ4n) is 2.62. The molecule has 2 aromatic rings. The molecule has 116 valence electrons. The molecule has 0 aliphatic carbocycles. The highest BCUT2D eigenvalue weighted by Crippen LogP contribution is 2.24. The lowest BCUT2D eigenvalue weighted by Gasteiger charge is -2.14. The summed E-state index contributed by atoms with van der Waals surface area (Å²) >= 11 is 0. The van der Waals surface area contributed by atoms with Gasteiger partial charge < -0.3 is 10.0 Å². The number of aliphatic hydroxyl groups is 1. The Bertz CT molecular complexity index is 776. The summed E-state index contributed by atoms with van der Waals surface area (Å²) in [5.74, 6) is -1.00. The zero-order valence-corrected chi connectivity index (χ0v) is 12.8. The summed E-state index contributed by atoms with van der Waals surface area (Å²) in [6.45, 7) is 2.29. The van der Waals surface area contributed by atoms with Gasteiger partial charge in [-0.2, -0.15) is 0 Å². The standard InChI is InChI=1S/C19H17NO3/c1-13-7-9-15(10-8-13)18(22)17-16(21)12-20(19(17)23)11-14-5-3-2-4-6-14/h2-10,22H,11-12H2,1H3/b18-17-. The molecule has 1 heterocycles. The number of ketones is 1. The second-order valence-electron chi connectivity index (χ2n) is 5.66. The molecular weight excluding hydrogens is 290 g/mol. The summed E-state index contributed by atoms with van der Waals surface area (Å²) in [4.78, 5) is 26.1. The third kappa shape index (κ3) is 3.01. The van der Waals surface area contributed by atoms with Crippen molar-refractivity contribution >= 4 is 17.4 Å². The van der Waals surface area contributed by atoms with E-state index in [-0.39, 0.29) is 23.7 Å². The average Bonchev–Trinajstić information content (AvgIpc) is 2.82. The third-order valence-electron chi connectivity index (χ3n) is 3.89. The molecule has 1 aliphatic rings. The largest absolute Gasteiger partial charge is 0.506 e. The van der Waals surface area contributed by atoms with E-state index in [1.54, 1.807) is 12.1 Å². The molecule has 4 nitrogen and oxygen atoms in total. The van der Waals surface area contributed by atoms with Gasteiger partial charge in [0.25, 0.3) is 5.91 Å². The number of carbonyl (C=O) groups excluding carboxylic acids is 2. The van der Waals surface area contributed by atoms with Crippen molar-refractivity contribution in [1.29, 1.82) is 0 Å². The number of aryl methyl sites for hydroxylation is 1. The number of rotatable bonds is 3. The predicted molar refractivity (Wildman–Crippen MR) is 87.6 cm³/mol. The van der Waals surface area contributed by atoms with Crippen LogP contribution in [0.2, 0.25) is 0 Å². The lowest BCUT2D eigenvalue weighted by Crippen LogP contribution is -2.25. The summed E-state index contributed by atoms with van der Waals surface area (Å²) in [5, 5.41) is 10.3. The van der Waals surface area contributed by atoms with Crippen LogP contribution in [-0.4, -0.2) is 28.2 Å². The van der Waals surface area contributed by atoms with E-state index in [4.69, 9.17) is 0 Å². The number of amides is 1. The quantitative estimate of drug-likeness (QED) is 0.539. The van der Waals surface area contributed by atoms with E-state index in [1.165, 1.54) is 4.90 Å². The molecule has 1 N–H and O–H groups in total. The van der Waals surface area contributed by atoms with Gasteiger partial charge in [-0.25, -0.2) is 0 Å². The van der Waals surface area contributed by atoms with Gasteiger partial charge in [-0.3, -0.25) is 9.59 Å². The van der Waals surface area contributed by atoms with Gasteiger partial charge in [-0.1, -0.05) is 60.2 Å². The van der Waals surface area contributed by atoms with E-state index in [2.05, 4.69) is 0 Å². The maximum atomic E-state index is 12.5. The highest BCUT2D eigenvalue weighted by molar-refractivity contribution is 6.28. The van der Waals surface area contributed by atoms with E-state index >= 15 is 0 Å². The lowest BCUT2D eigenvalue weighted by molar-refractivity contribution is -0.125. The first kappa shape index (κ1) is 15.0. The molecule has 0 spiro atoms. The maximum absolute atomic E-state index is 12.5.